The van der Waals surface area contributed by atoms with Gasteiger partial charge in [-0.2, -0.15) is 0 Å². The van der Waals surface area contributed by atoms with E-state index in [-0.39, 0.29) is 5.54 Å². The van der Waals surface area contributed by atoms with Gasteiger partial charge in [-0.1, -0.05) is 32.4 Å². The van der Waals surface area contributed by atoms with Crippen molar-refractivity contribution < 1.29 is 4.74 Å². The number of hydrogen-bond donors (Lipinski definition) is 1. The zero-order chi connectivity index (χ0) is 15.9. The van der Waals surface area contributed by atoms with Crippen LogP contribution in [0.5, 0.6) is 5.75 Å². The summed E-state index contributed by atoms with van der Waals surface area (Å²) < 4.78 is 5.24. The zero-order valence-corrected chi connectivity index (χ0v) is 14.7. The standard InChI is InChI=1S/C19H33NO/c1-7-15(2)12-17(14-20-19(3,4)5)13-16-8-10-18(21-6)11-9-16/h8-11,15,17,20H,7,12-14H2,1-6H3. The van der Waals surface area contributed by atoms with E-state index in [0.29, 0.717) is 5.92 Å². The third-order valence-electron chi connectivity index (χ3n) is 4.04. The van der Waals surface area contributed by atoms with Crippen LogP contribution in [-0.2, 0) is 6.42 Å². The summed E-state index contributed by atoms with van der Waals surface area (Å²) in [7, 11) is 1.72. The molecular weight excluding hydrogens is 258 g/mol. The van der Waals surface area contributed by atoms with Crippen molar-refractivity contribution >= 4 is 0 Å². The topological polar surface area (TPSA) is 21.3 Å². The molecule has 0 bridgehead atoms. The maximum Gasteiger partial charge on any atom is 0.118 e. The first-order valence-corrected chi connectivity index (χ1v) is 8.22. The van der Waals surface area contributed by atoms with Crippen LogP contribution in [0.2, 0.25) is 0 Å². The van der Waals surface area contributed by atoms with Crippen LogP contribution in [0, 0.1) is 11.8 Å². The average molecular weight is 291 g/mol. The lowest BCUT2D eigenvalue weighted by Crippen LogP contribution is -2.40. The summed E-state index contributed by atoms with van der Waals surface area (Å²) in [5, 5.41) is 3.67. The summed E-state index contributed by atoms with van der Waals surface area (Å²) in [5.41, 5.74) is 1.59. The van der Waals surface area contributed by atoms with Crippen molar-refractivity contribution in [3.05, 3.63) is 29.8 Å². The van der Waals surface area contributed by atoms with Crippen molar-refractivity contribution in [3.63, 3.8) is 0 Å². The van der Waals surface area contributed by atoms with Gasteiger partial charge in [-0.05, 0) is 69.7 Å². The predicted molar refractivity (Wildman–Crippen MR) is 92.0 cm³/mol. The highest BCUT2D eigenvalue weighted by atomic mass is 16.5. The Labute approximate surface area is 131 Å². The second kappa shape index (κ2) is 8.43. The van der Waals surface area contributed by atoms with E-state index in [1.54, 1.807) is 7.11 Å². The quantitative estimate of drug-likeness (QED) is 0.751. The van der Waals surface area contributed by atoms with Gasteiger partial charge in [0.2, 0.25) is 0 Å². The van der Waals surface area contributed by atoms with Gasteiger partial charge in [0, 0.05) is 5.54 Å². The first-order valence-electron chi connectivity index (χ1n) is 8.22. The molecule has 0 aromatic heterocycles. The van der Waals surface area contributed by atoms with Crippen LogP contribution in [0.1, 0.15) is 53.0 Å². The minimum absolute atomic E-state index is 0.188. The van der Waals surface area contributed by atoms with E-state index in [1.807, 2.05) is 0 Å². The van der Waals surface area contributed by atoms with Crippen LogP contribution in [0.25, 0.3) is 0 Å². The number of ether oxygens (including phenoxy) is 1. The second-order valence-corrected chi connectivity index (χ2v) is 7.30. The summed E-state index contributed by atoms with van der Waals surface area (Å²) in [6.07, 6.45) is 3.68. The predicted octanol–water partition coefficient (Wildman–Crippen LogP) is 4.68. The summed E-state index contributed by atoms with van der Waals surface area (Å²) in [5.74, 6) is 2.41. The molecular formula is C19H33NO. The van der Waals surface area contributed by atoms with Crippen molar-refractivity contribution in [1.29, 1.82) is 0 Å². The van der Waals surface area contributed by atoms with E-state index in [9.17, 15) is 0 Å². The van der Waals surface area contributed by atoms with E-state index in [2.05, 4.69) is 64.2 Å². The van der Waals surface area contributed by atoms with Gasteiger partial charge in [-0.3, -0.25) is 0 Å². The van der Waals surface area contributed by atoms with Gasteiger partial charge in [-0.25, -0.2) is 0 Å². The first kappa shape index (κ1) is 18.0. The average Bonchev–Trinajstić information content (AvgIpc) is 2.44. The van der Waals surface area contributed by atoms with Crippen molar-refractivity contribution in [3.8, 4) is 5.75 Å². The van der Waals surface area contributed by atoms with E-state index < -0.39 is 0 Å². The van der Waals surface area contributed by atoms with Gasteiger partial charge in [0.1, 0.15) is 5.75 Å². The van der Waals surface area contributed by atoms with Crippen LogP contribution in [0.3, 0.4) is 0 Å². The number of benzene rings is 1. The Morgan fingerprint density at radius 2 is 1.76 bits per heavy atom. The summed E-state index contributed by atoms with van der Waals surface area (Å²) >= 11 is 0. The van der Waals surface area contributed by atoms with Crippen LogP contribution < -0.4 is 10.1 Å². The van der Waals surface area contributed by atoms with E-state index in [1.165, 1.54) is 18.4 Å². The summed E-state index contributed by atoms with van der Waals surface area (Å²) in [6.45, 7) is 12.4. The molecule has 1 N–H and O–H groups in total. The van der Waals surface area contributed by atoms with Crippen molar-refractivity contribution in [2.24, 2.45) is 11.8 Å². The van der Waals surface area contributed by atoms with Crippen LogP contribution in [0.15, 0.2) is 24.3 Å². The van der Waals surface area contributed by atoms with Gasteiger partial charge in [0.25, 0.3) is 0 Å². The molecule has 120 valence electrons. The Morgan fingerprint density at radius 3 is 2.24 bits per heavy atom. The van der Waals surface area contributed by atoms with Crippen molar-refractivity contribution in [2.75, 3.05) is 13.7 Å². The molecule has 2 atom stereocenters. The fraction of sp³-hybridized carbons (Fsp3) is 0.684. The van der Waals surface area contributed by atoms with Gasteiger partial charge >= 0.3 is 0 Å². The minimum atomic E-state index is 0.188. The molecule has 2 heteroatoms. The molecule has 21 heavy (non-hydrogen) atoms. The molecule has 0 heterocycles. The number of methoxy groups -OCH3 is 1. The second-order valence-electron chi connectivity index (χ2n) is 7.30. The lowest BCUT2D eigenvalue weighted by Gasteiger charge is -2.27. The first-order chi connectivity index (χ1) is 9.84. The molecule has 0 aliphatic carbocycles. The van der Waals surface area contributed by atoms with E-state index >= 15 is 0 Å². The molecule has 0 fully saturated rings. The Bertz CT molecular complexity index is 391. The number of nitrogens with one attached hydrogen (secondary N) is 1. The van der Waals surface area contributed by atoms with Crippen molar-refractivity contribution in [2.45, 2.75) is 59.4 Å². The number of rotatable bonds is 8. The molecule has 0 spiro atoms. The third-order valence-corrected chi connectivity index (χ3v) is 4.04. The fourth-order valence-corrected chi connectivity index (χ4v) is 2.52. The highest BCUT2D eigenvalue weighted by molar-refractivity contribution is 5.27. The molecule has 1 aromatic carbocycles. The van der Waals surface area contributed by atoms with Gasteiger partial charge < -0.3 is 10.1 Å². The van der Waals surface area contributed by atoms with Crippen molar-refractivity contribution in [1.82, 2.24) is 5.32 Å². The maximum atomic E-state index is 5.24. The van der Waals surface area contributed by atoms with Gasteiger partial charge in [-0.15, -0.1) is 0 Å². The normalized spacial score (nSPS) is 14.8. The molecule has 2 nitrogen and oxygen atoms in total. The SMILES string of the molecule is CCC(C)CC(CNC(C)(C)C)Cc1ccc(OC)cc1. The molecule has 0 saturated carbocycles. The summed E-state index contributed by atoms with van der Waals surface area (Å²) in [4.78, 5) is 0. The molecule has 0 aliphatic heterocycles. The molecule has 0 aliphatic rings. The molecule has 1 rings (SSSR count). The zero-order valence-electron chi connectivity index (χ0n) is 14.7. The van der Waals surface area contributed by atoms with Gasteiger partial charge in [0.05, 0.1) is 7.11 Å². The van der Waals surface area contributed by atoms with E-state index in [0.717, 1.165) is 24.6 Å². The van der Waals surface area contributed by atoms with Gasteiger partial charge in [0.15, 0.2) is 0 Å². The Morgan fingerprint density at radius 1 is 1.14 bits per heavy atom. The highest BCUT2D eigenvalue weighted by Crippen LogP contribution is 2.21. The smallest absolute Gasteiger partial charge is 0.118 e. The third kappa shape index (κ3) is 7.52. The van der Waals surface area contributed by atoms with Crippen LogP contribution in [0.4, 0.5) is 0 Å². The number of hydrogen-bond acceptors (Lipinski definition) is 2. The lowest BCUT2D eigenvalue weighted by atomic mass is 9.88. The maximum absolute atomic E-state index is 5.24. The molecule has 2 unspecified atom stereocenters. The molecule has 0 saturated heterocycles. The minimum Gasteiger partial charge on any atom is -0.497 e. The highest BCUT2D eigenvalue weighted by Gasteiger charge is 2.17. The fourth-order valence-electron chi connectivity index (χ4n) is 2.52. The largest absolute Gasteiger partial charge is 0.497 e. The summed E-state index contributed by atoms with van der Waals surface area (Å²) in [6, 6.07) is 8.51. The Balaban J connectivity index is 2.65. The molecule has 0 amide bonds. The van der Waals surface area contributed by atoms with Crippen LogP contribution >= 0.6 is 0 Å². The van der Waals surface area contributed by atoms with Crippen LogP contribution in [-0.4, -0.2) is 19.2 Å². The molecule has 0 radical (unpaired) electrons. The lowest BCUT2D eigenvalue weighted by molar-refractivity contribution is 0.320. The Hall–Kier alpha value is -1.02. The monoisotopic (exact) mass is 291 g/mol. The molecule has 1 aromatic rings. The Kier molecular flexibility index (Phi) is 7.24. The van der Waals surface area contributed by atoms with E-state index in [4.69, 9.17) is 4.74 Å².